The molecule has 0 atom stereocenters. The molecule has 0 saturated carbocycles. The number of nitrogens with zero attached hydrogens (tertiary/aromatic N) is 1. The zero-order valence-electron chi connectivity index (χ0n) is 7.36. The Morgan fingerprint density at radius 3 is 2.80 bits per heavy atom. The molecular weight excluding hydrogens is 220 g/mol. The number of aromatic amines is 1. The van der Waals surface area contributed by atoms with Gasteiger partial charge in [0, 0.05) is 18.3 Å². The largest absolute Gasteiger partial charge is 0.361 e. The smallest absolute Gasteiger partial charge is 0.288 e. The van der Waals surface area contributed by atoms with Crippen LogP contribution in [0.1, 0.15) is 0 Å². The lowest BCUT2D eigenvalue weighted by Gasteiger charge is -1.98. The van der Waals surface area contributed by atoms with Crippen molar-refractivity contribution in [2.24, 2.45) is 0 Å². The van der Waals surface area contributed by atoms with E-state index in [9.17, 15) is 14.9 Å². The third kappa shape index (κ3) is 1.57. The number of halogens is 1. The highest BCUT2D eigenvalue weighted by molar-refractivity contribution is 6.33. The predicted octanol–water partition coefficient (Wildman–Crippen LogP) is 2.09. The van der Waals surface area contributed by atoms with Crippen LogP contribution in [-0.2, 0) is 0 Å². The van der Waals surface area contributed by atoms with E-state index in [4.69, 9.17) is 11.6 Å². The molecule has 2 aromatic rings. The van der Waals surface area contributed by atoms with E-state index < -0.39 is 4.92 Å². The lowest BCUT2D eigenvalue weighted by Crippen LogP contribution is -2.01. The summed E-state index contributed by atoms with van der Waals surface area (Å²) in [6, 6.07) is 3.85. The molecule has 1 aromatic heterocycles. The van der Waals surface area contributed by atoms with Crippen LogP contribution in [0.3, 0.4) is 0 Å². The Balaban J connectivity index is 2.90. The van der Waals surface area contributed by atoms with Gasteiger partial charge >= 0.3 is 0 Å². The number of hydrogen-bond donors (Lipinski definition) is 1. The minimum absolute atomic E-state index is 0.00866. The molecule has 0 fully saturated rings. The number of nitro benzene ring substituents is 1. The second-order valence-electron chi connectivity index (χ2n) is 2.95. The van der Waals surface area contributed by atoms with E-state index in [1.54, 1.807) is 0 Å². The normalized spacial score (nSPS) is 10.5. The SMILES string of the molecule is O=c1cc[nH]c2cc(Cl)c([N+](=O)[O-])cc12. The summed E-state index contributed by atoms with van der Waals surface area (Å²) in [5.41, 5.74) is -0.0533. The highest BCUT2D eigenvalue weighted by atomic mass is 35.5. The van der Waals surface area contributed by atoms with Crippen molar-refractivity contribution in [1.82, 2.24) is 4.98 Å². The van der Waals surface area contributed by atoms with Gasteiger partial charge in [0.15, 0.2) is 5.43 Å². The summed E-state index contributed by atoms with van der Waals surface area (Å²) in [6.07, 6.45) is 1.47. The van der Waals surface area contributed by atoms with Crippen molar-refractivity contribution in [3.05, 3.63) is 49.8 Å². The standard InChI is InChI=1S/C9H5ClN2O3/c10-6-4-7-5(3-8(6)12(14)15)9(13)1-2-11-7/h1-4H,(H,11,13). The van der Waals surface area contributed by atoms with Crippen LogP contribution < -0.4 is 5.43 Å². The van der Waals surface area contributed by atoms with Gasteiger partial charge in [0.1, 0.15) is 5.02 Å². The molecule has 0 aliphatic rings. The van der Waals surface area contributed by atoms with E-state index in [0.717, 1.165) is 0 Å². The molecule has 0 spiro atoms. The Bertz CT molecular complexity index is 606. The first kappa shape index (κ1) is 9.67. The molecule has 0 amide bonds. The van der Waals surface area contributed by atoms with E-state index in [1.807, 2.05) is 0 Å². The highest BCUT2D eigenvalue weighted by Gasteiger charge is 2.14. The fourth-order valence-electron chi connectivity index (χ4n) is 1.32. The molecule has 0 bridgehead atoms. The zero-order chi connectivity index (χ0) is 11.0. The minimum atomic E-state index is -0.617. The maximum Gasteiger partial charge on any atom is 0.288 e. The van der Waals surface area contributed by atoms with E-state index in [-0.39, 0.29) is 21.5 Å². The summed E-state index contributed by atoms with van der Waals surface area (Å²) in [5.74, 6) is 0. The fourth-order valence-corrected chi connectivity index (χ4v) is 1.55. The Morgan fingerprint density at radius 1 is 1.40 bits per heavy atom. The molecule has 15 heavy (non-hydrogen) atoms. The average molecular weight is 225 g/mol. The quantitative estimate of drug-likeness (QED) is 0.595. The van der Waals surface area contributed by atoms with Crippen molar-refractivity contribution in [3.63, 3.8) is 0 Å². The number of nitro groups is 1. The van der Waals surface area contributed by atoms with Gasteiger partial charge in [0.2, 0.25) is 0 Å². The van der Waals surface area contributed by atoms with Gasteiger partial charge in [-0.1, -0.05) is 11.6 Å². The molecule has 1 N–H and O–H groups in total. The Labute approximate surface area is 88.5 Å². The number of pyridine rings is 1. The van der Waals surface area contributed by atoms with Gasteiger partial charge in [-0.05, 0) is 6.07 Å². The average Bonchev–Trinajstić information content (AvgIpc) is 2.16. The van der Waals surface area contributed by atoms with Gasteiger partial charge in [-0.15, -0.1) is 0 Å². The molecule has 2 rings (SSSR count). The zero-order valence-corrected chi connectivity index (χ0v) is 8.12. The van der Waals surface area contributed by atoms with Crippen LogP contribution >= 0.6 is 11.6 Å². The first-order chi connectivity index (χ1) is 7.09. The van der Waals surface area contributed by atoms with Crippen LogP contribution in [0.25, 0.3) is 10.9 Å². The number of fused-ring (bicyclic) bond motifs is 1. The van der Waals surface area contributed by atoms with Crippen molar-refractivity contribution < 1.29 is 4.92 Å². The van der Waals surface area contributed by atoms with Crippen LogP contribution in [0.4, 0.5) is 5.69 Å². The Kier molecular flexibility index (Phi) is 2.17. The number of benzene rings is 1. The molecule has 0 radical (unpaired) electrons. The number of aromatic nitrogens is 1. The van der Waals surface area contributed by atoms with Gasteiger partial charge in [-0.25, -0.2) is 0 Å². The third-order valence-corrected chi connectivity index (χ3v) is 2.33. The molecule has 0 aliphatic heterocycles. The molecule has 0 unspecified atom stereocenters. The van der Waals surface area contributed by atoms with E-state index >= 15 is 0 Å². The number of rotatable bonds is 1. The van der Waals surface area contributed by atoms with Crippen molar-refractivity contribution in [2.75, 3.05) is 0 Å². The summed E-state index contributed by atoms with van der Waals surface area (Å²) in [4.78, 5) is 24.1. The number of hydrogen-bond acceptors (Lipinski definition) is 3. The topological polar surface area (TPSA) is 76.0 Å². The lowest BCUT2D eigenvalue weighted by atomic mass is 10.2. The van der Waals surface area contributed by atoms with Crippen molar-refractivity contribution in [3.8, 4) is 0 Å². The maximum absolute atomic E-state index is 11.4. The fraction of sp³-hybridized carbons (Fsp3) is 0. The lowest BCUT2D eigenvalue weighted by molar-refractivity contribution is -0.384. The molecule has 5 nitrogen and oxygen atoms in total. The van der Waals surface area contributed by atoms with E-state index in [1.165, 1.54) is 24.4 Å². The van der Waals surface area contributed by atoms with Gasteiger partial charge in [0.05, 0.1) is 15.8 Å². The van der Waals surface area contributed by atoms with Crippen LogP contribution in [0.5, 0.6) is 0 Å². The summed E-state index contributed by atoms with van der Waals surface area (Å²) in [7, 11) is 0. The summed E-state index contributed by atoms with van der Waals surface area (Å²) >= 11 is 5.69. The summed E-state index contributed by atoms with van der Waals surface area (Å²) in [5, 5.41) is 10.9. The summed E-state index contributed by atoms with van der Waals surface area (Å²) < 4.78 is 0. The van der Waals surface area contributed by atoms with Crippen LogP contribution in [0.15, 0.2) is 29.2 Å². The number of H-pyrrole nitrogens is 1. The van der Waals surface area contributed by atoms with E-state index in [2.05, 4.69) is 4.98 Å². The first-order valence-corrected chi connectivity index (χ1v) is 4.43. The minimum Gasteiger partial charge on any atom is -0.361 e. The van der Waals surface area contributed by atoms with Crippen molar-refractivity contribution >= 4 is 28.2 Å². The monoisotopic (exact) mass is 224 g/mol. The van der Waals surface area contributed by atoms with Crippen LogP contribution in [0, 0.1) is 10.1 Å². The molecule has 1 aromatic carbocycles. The Hall–Kier alpha value is -1.88. The maximum atomic E-state index is 11.4. The molecule has 0 saturated heterocycles. The van der Waals surface area contributed by atoms with Crippen molar-refractivity contribution in [2.45, 2.75) is 0 Å². The third-order valence-electron chi connectivity index (χ3n) is 2.02. The van der Waals surface area contributed by atoms with Crippen LogP contribution in [-0.4, -0.2) is 9.91 Å². The predicted molar refractivity (Wildman–Crippen MR) is 56.2 cm³/mol. The molecule has 1 heterocycles. The van der Waals surface area contributed by atoms with Gasteiger partial charge in [-0.3, -0.25) is 14.9 Å². The van der Waals surface area contributed by atoms with E-state index in [0.29, 0.717) is 5.52 Å². The Morgan fingerprint density at radius 2 is 2.13 bits per heavy atom. The van der Waals surface area contributed by atoms with Gasteiger partial charge < -0.3 is 4.98 Å². The second-order valence-corrected chi connectivity index (χ2v) is 3.36. The molecule has 6 heteroatoms. The van der Waals surface area contributed by atoms with Gasteiger partial charge in [-0.2, -0.15) is 0 Å². The summed E-state index contributed by atoms with van der Waals surface area (Å²) in [6.45, 7) is 0. The molecular formula is C9H5ClN2O3. The first-order valence-electron chi connectivity index (χ1n) is 4.05. The van der Waals surface area contributed by atoms with Crippen LogP contribution in [0.2, 0.25) is 5.02 Å². The highest BCUT2D eigenvalue weighted by Crippen LogP contribution is 2.27. The van der Waals surface area contributed by atoms with Gasteiger partial charge in [0.25, 0.3) is 5.69 Å². The molecule has 76 valence electrons. The molecule has 0 aliphatic carbocycles. The number of nitrogens with one attached hydrogen (secondary N) is 1. The van der Waals surface area contributed by atoms with Crippen molar-refractivity contribution in [1.29, 1.82) is 0 Å². The second kappa shape index (κ2) is 3.36.